The summed E-state index contributed by atoms with van der Waals surface area (Å²) in [5.74, 6) is 0.280. The van der Waals surface area contributed by atoms with Crippen LogP contribution in [-0.4, -0.2) is 60.0 Å². The van der Waals surface area contributed by atoms with E-state index in [9.17, 15) is 9.18 Å². The standard InChI is InChI=1S/C23H29FN6O.HI/c1-3-25-23(27-12-9-17-15-28-21-8-7-18(24)14-20(17)21)29-16-22(31)30(2)13-10-19-6-4-5-11-26-19;/h4-8,11,14-15,28H,3,9-10,12-13,16H2,1-2H3,(H2,25,27,29);1H. The van der Waals surface area contributed by atoms with Gasteiger partial charge in [0.05, 0.1) is 0 Å². The first-order valence-electron chi connectivity index (χ1n) is 10.5. The van der Waals surface area contributed by atoms with E-state index in [4.69, 9.17) is 0 Å². The summed E-state index contributed by atoms with van der Waals surface area (Å²) in [5.41, 5.74) is 2.90. The summed E-state index contributed by atoms with van der Waals surface area (Å²) in [6.07, 6.45) is 5.06. The zero-order valence-corrected chi connectivity index (χ0v) is 20.7. The smallest absolute Gasteiger partial charge is 0.244 e. The van der Waals surface area contributed by atoms with Gasteiger partial charge in [0, 0.05) is 62.1 Å². The van der Waals surface area contributed by atoms with E-state index in [0.717, 1.165) is 22.2 Å². The SMILES string of the molecule is CCNC(=NCC(=O)N(C)CCc1ccccn1)NCCc1c[nH]c2ccc(F)cc12.I. The number of nitrogens with one attached hydrogen (secondary N) is 3. The van der Waals surface area contributed by atoms with Crippen LogP contribution >= 0.6 is 24.0 Å². The Kier molecular flexibility index (Phi) is 10.4. The van der Waals surface area contributed by atoms with Crippen LogP contribution in [0, 0.1) is 5.82 Å². The summed E-state index contributed by atoms with van der Waals surface area (Å²) in [4.78, 5) is 25.9. The fraction of sp³-hybridized carbons (Fsp3) is 0.348. The molecule has 7 nitrogen and oxygen atoms in total. The van der Waals surface area contributed by atoms with Gasteiger partial charge in [0.15, 0.2) is 5.96 Å². The minimum Gasteiger partial charge on any atom is -0.361 e. The number of aromatic amines is 1. The number of guanidine groups is 1. The maximum absolute atomic E-state index is 13.5. The Morgan fingerprint density at radius 2 is 2.06 bits per heavy atom. The number of benzene rings is 1. The lowest BCUT2D eigenvalue weighted by Crippen LogP contribution is -2.39. The highest BCUT2D eigenvalue weighted by Crippen LogP contribution is 2.19. The molecular weight excluding hydrogens is 522 g/mol. The number of carbonyl (C=O) groups is 1. The predicted octanol–water partition coefficient (Wildman–Crippen LogP) is 3.12. The maximum atomic E-state index is 13.5. The van der Waals surface area contributed by atoms with Crippen LogP contribution in [0.15, 0.2) is 53.8 Å². The molecule has 3 aromatic rings. The Hall–Kier alpha value is -2.69. The van der Waals surface area contributed by atoms with Crippen LogP contribution in [0.4, 0.5) is 4.39 Å². The molecule has 1 amide bonds. The Morgan fingerprint density at radius 1 is 1.22 bits per heavy atom. The molecule has 0 aliphatic carbocycles. The molecule has 1 aromatic carbocycles. The largest absolute Gasteiger partial charge is 0.361 e. The van der Waals surface area contributed by atoms with Crippen molar-refractivity contribution in [3.05, 3.63) is 65.9 Å². The molecule has 0 fully saturated rings. The van der Waals surface area contributed by atoms with Crippen LogP contribution in [-0.2, 0) is 17.6 Å². The second-order valence-electron chi connectivity index (χ2n) is 7.26. The Labute approximate surface area is 204 Å². The molecule has 2 aromatic heterocycles. The van der Waals surface area contributed by atoms with E-state index < -0.39 is 0 Å². The summed E-state index contributed by atoms with van der Waals surface area (Å²) >= 11 is 0. The van der Waals surface area contributed by atoms with Gasteiger partial charge in [-0.05, 0) is 49.2 Å². The van der Waals surface area contributed by atoms with Crippen molar-refractivity contribution < 1.29 is 9.18 Å². The number of hydrogen-bond acceptors (Lipinski definition) is 3. The van der Waals surface area contributed by atoms with Gasteiger partial charge in [-0.25, -0.2) is 9.38 Å². The Bertz CT molecular complexity index is 1020. The number of rotatable bonds is 9. The van der Waals surface area contributed by atoms with Crippen molar-refractivity contribution in [3.63, 3.8) is 0 Å². The third kappa shape index (κ3) is 7.47. The van der Waals surface area contributed by atoms with E-state index >= 15 is 0 Å². The maximum Gasteiger partial charge on any atom is 0.244 e. The molecule has 2 heterocycles. The molecule has 0 saturated carbocycles. The second kappa shape index (κ2) is 13.0. The first kappa shape index (κ1) is 25.6. The molecule has 0 atom stereocenters. The number of fused-ring (bicyclic) bond motifs is 1. The van der Waals surface area contributed by atoms with E-state index in [2.05, 4.69) is 25.6 Å². The van der Waals surface area contributed by atoms with Crippen LogP contribution in [0.3, 0.4) is 0 Å². The van der Waals surface area contributed by atoms with Crippen molar-refractivity contribution in [1.82, 2.24) is 25.5 Å². The fourth-order valence-electron chi connectivity index (χ4n) is 3.24. The summed E-state index contributed by atoms with van der Waals surface area (Å²) < 4.78 is 13.5. The average molecular weight is 552 g/mol. The molecule has 0 bridgehead atoms. The van der Waals surface area contributed by atoms with Crippen molar-refractivity contribution in [2.75, 3.05) is 33.2 Å². The minimum absolute atomic E-state index is 0. The normalized spacial score (nSPS) is 11.2. The second-order valence-corrected chi connectivity index (χ2v) is 7.26. The van der Waals surface area contributed by atoms with E-state index in [0.29, 0.717) is 38.4 Å². The van der Waals surface area contributed by atoms with Gasteiger partial charge in [-0.1, -0.05) is 6.07 Å². The van der Waals surface area contributed by atoms with Gasteiger partial charge in [0.25, 0.3) is 0 Å². The first-order valence-corrected chi connectivity index (χ1v) is 10.5. The number of halogens is 2. The average Bonchev–Trinajstić information content (AvgIpc) is 3.18. The number of hydrogen-bond donors (Lipinski definition) is 3. The minimum atomic E-state index is -0.248. The lowest BCUT2D eigenvalue weighted by molar-refractivity contribution is -0.128. The number of H-pyrrole nitrogens is 1. The van der Waals surface area contributed by atoms with Gasteiger partial charge in [0.1, 0.15) is 12.4 Å². The first-order chi connectivity index (χ1) is 15.1. The highest BCUT2D eigenvalue weighted by Gasteiger charge is 2.10. The highest BCUT2D eigenvalue weighted by molar-refractivity contribution is 14.0. The van der Waals surface area contributed by atoms with Gasteiger partial charge in [-0.3, -0.25) is 9.78 Å². The molecule has 172 valence electrons. The number of likely N-dealkylation sites (N-methyl/N-ethyl adjacent to an activating group) is 1. The van der Waals surface area contributed by atoms with Crippen molar-refractivity contribution >= 4 is 46.7 Å². The molecule has 0 spiro atoms. The Morgan fingerprint density at radius 3 is 2.81 bits per heavy atom. The van der Waals surface area contributed by atoms with Crippen molar-refractivity contribution in [1.29, 1.82) is 0 Å². The summed E-state index contributed by atoms with van der Waals surface area (Å²) in [5, 5.41) is 7.28. The number of amides is 1. The van der Waals surface area contributed by atoms with Crippen LogP contribution in [0.2, 0.25) is 0 Å². The summed E-state index contributed by atoms with van der Waals surface area (Å²) in [7, 11) is 1.78. The van der Waals surface area contributed by atoms with E-state index in [-0.39, 0.29) is 42.2 Å². The molecule has 0 aliphatic heterocycles. The molecular formula is C23H30FIN6O. The lowest BCUT2D eigenvalue weighted by atomic mass is 10.1. The van der Waals surface area contributed by atoms with Crippen LogP contribution < -0.4 is 10.6 Å². The monoisotopic (exact) mass is 552 g/mol. The zero-order valence-electron chi connectivity index (χ0n) is 18.4. The van der Waals surface area contributed by atoms with Gasteiger partial charge in [0.2, 0.25) is 5.91 Å². The summed E-state index contributed by atoms with van der Waals surface area (Å²) in [6.45, 7) is 3.92. The third-order valence-corrected chi connectivity index (χ3v) is 4.99. The van der Waals surface area contributed by atoms with Crippen LogP contribution in [0.25, 0.3) is 10.9 Å². The topological polar surface area (TPSA) is 85.4 Å². The number of aromatic nitrogens is 2. The van der Waals surface area contributed by atoms with Crippen LogP contribution in [0.1, 0.15) is 18.2 Å². The van der Waals surface area contributed by atoms with E-state index in [1.807, 2.05) is 31.3 Å². The van der Waals surface area contributed by atoms with Crippen molar-refractivity contribution in [3.8, 4) is 0 Å². The molecule has 3 N–H and O–H groups in total. The summed E-state index contributed by atoms with van der Waals surface area (Å²) in [6, 6.07) is 10.5. The van der Waals surface area contributed by atoms with Gasteiger partial charge < -0.3 is 20.5 Å². The van der Waals surface area contributed by atoms with Crippen molar-refractivity contribution in [2.24, 2.45) is 4.99 Å². The molecule has 0 unspecified atom stereocenters. The molecule has 0 saturated heterocycles. The molecule has 3 rings (SSSR count). The third-order valence-electron chi connectivity index (χ3n) is 4.99. The lowest BCUT2D eigenvalue weighted by Gasteiger charge is -2.16. The highest BCUT2D eigenvalue weighted by atomic mass is 127. The van der Waals surface area contributed by atoms with Gasteiger partial charge in [-0.15, -0.1) is 24.0 Å². The molecule has 0 aliphatic rings. The van der Waals surface area contributed by atoms with Gasteiger partial charge >= 0.3 is 0 Å². The van der Waals surface area contributed by atoms with Crippen LogP contribution in [0.5, 0.6) is 0 Å². The molecule has 9 heteroatoms. The fourth-order valence-corrected chi connectivity index (χ4v) is 3.24. The molecule has 0 radical (unpaired) electrons. The zero-order chi connectivity index (χ0) is 22.1. The van der Waals surface area contributed by atoms with Crippen molar-refractivity contribution in [2.45, 2.75) is 19.8 Å². The van der Waals surface area contributed by atoms with Gasteiger partial charge in [-0.2, -0.15) is 0 Å². The quantitative estimate of drug-likeness (QED) is 0.217. The number of aliphatic imine (C=N–C) groups is 1. The predicted molar refractivity (Wildman–Crippen MR) is 137 cm³/mol. The number of nitrogens with zero attached hydrogens (tertiary/aromatic N) is 3. The Balaban J connectivity index is 0.00000363. The van der Waals surface area contributed by atoms with E-state index in [1.165, 1.54) is 6.07 Å². The van der Waals surface area contributed by atoms with E-state index in [1.54, 1.807) is 30.3 Å². The number of carbonyl (C=O) groups excluding carboxylic acids is 1. The number of pyridine rings is 1. The molecule has 32 heavy (non-hydrogen) atoms.